The number of nitrogens with two attached hydrogens (primary N) is 1. The first-order valence-electron chi connectivity index (χ1n) is 5.95. The Kier molecular flexibility index (Phi) is 5.35. The average Bonchev–Trinajstić information content (AvgIpc) is 2.45. The van der Waals surface area contributed by atoms with Gasteiger partial charge >= 0.3 is 0 Å². The van der Waals surface area contributed by atoms with Crippen LogP contribution >= 0.6 is 23.4 Å². The molecule has 0 amide bonds. The third kappa shape index (κ3) is 4.33. The number of hydrogen-bond acceptors (Lipinski definition) is 2. The van der Waals surface area contributed by atoms with Gasteiger partial charge in [0.05, 0.1) is 6.54 Å². The number of hydrogen-bond donors (Lipinski definition) is 1. The zero-order valence-electron chi connectivity index (χ0n) is 10.4. The Morgan fingerprint density at radius 3 is 2.53 bits per heavy atom. The lowest BCUT2D eigenvalue weighted by molar-refractivity contribution is 1.30. The molecule has 0 saturated carbocycles. The van der Waals surface area contributed by atoms with Gasteiger partial charge < -0.3 is 5.73 Å². The summed E-state index contributed by atoms with van der Waals surface area (Å²) in [4.78, 5) is 1.20. The molecule has 0 unspecified atom stereocenters. The number of rotatable bonds is 3. The van der Waals surface area contributed by atoms with Crippen molar-refractivity contribution in [3.63, 3.8) is 0 Å². The van der Waals surface area contributed by atoms with Gasteiger partial charge in [-0.05, 0) is 35.9 Å². The van der Waals surface area contributed by atoms with E-state index in [-0.39, 0.29) is 0 Å². The lowest BCUT2D eigenvalue weighted by atomic mass is 10.1. The SMILES string of the molecule is NCC#Cc1ccccc1CSc1ccc(Cl)cc1. The standard InChI is InChI=1S/C16H14ClNS/c17-15-7-9-16(10-8-15)19-12-14-5-2-1-4-13(14)6-3-11-18/h1-2,4-5,7-10H,11-12,18H2. The maximum Gasteiger partial charge on any atom is 0.0555 e. The molecular formula is C16H14ClNS. The van der Waals surface area contributed by atoms with Gasteiger partial charge in [-0.25, -0.2) is 0 Å². The summed E-state index contributed by atoms with van der Waals surface area (Å²) >= 11 is 7.64. The summed E-state index contributed by atoms with van der Waals surface area (Å²) < 4.78 is 0. The van der Waals surface area contributed by atoms with Gasteiger partial charge in [-0.15, -0.1) is 11.8 Å². The predicted octanol–water partition coefficient (Wildman–Crippen LogP) is 3.94. The van der Waals surface area contributed by atoms with Crippen LogP contribution in [0, 0.1) is 11.8 Å². The Morgan fingerprint density at radius 2 is 1.79 bits per heavy atom. The van der Waals surface area contributed by atoms with Crippen molar-refractivity contribution in [3.8, 4) is 11.8 Å². The topological polar surface area (TPSA) is 26.0 Å². The van der Waals surface area contributed by atoms with Crippen LogP contribution in [0.25, 0.3) is 0 Å². The minimum atomic E-state index is 0.388. The molecule has 0 atom stereocenters. The van der Waals surface area contributed by atoms with E-state index in [2.05, 4.69) is 17.9 Å². The highest BCUT2D eigenvalue weighted by molar-refractivity contribution is 7.98. The van der Waals surface area contributed by atoms with Gasteiger partial charge in [0, 0.05) is 21.2 Å². The van der Waals surface area contributed by atoms with Gasteiger partial charge in [0.25, 0.3) is 0 Å². The summed E-state index contributed by atoms with van der Waals surface area (Å²) in [7, 11) is 0. The van der Waals surface area contributed by atoms with Crippen LogP contribution in [0.5, 0.6) is 0 Å². The molecule has 2 aromatic carbocycles. The van der Waals surface area contributed by atoms with Crippen molar-refractivity contribution in [2.45, 2.75) is 10.6 Å². The predicted molar refractivity (Wildman–Crippen MR) is 83.4 cm³/mol. The van der Waals surface area contributed by atoms with Crippen molar-refractivity contribution < 1.29 is 0 Å². The van der Waals surface area contributed by atoms with Crippen LogP contribution in [0.4, 0.5) is 0 Å². The van der Waals surface area contributed by atoms with Crippen LogP contribution in [0.15, 0.2) is 53.4 Å². The second-order valence-corrected chi connectivity index (χ2v) is 5.39. The van der Waals surface area contributed by atoms with E-state index in [4.69, 9.17) is 17.3 Å². The van der Waals surface area contributed by atoms with Crippen molar-refractivity contribution in [1.29, 1.82) is 0 Å². The summed E-state index contributed by atoms with van der Waals surface area (Å²) in [5, 5.41) is 0.763. The Labute approximate surface area is 123 Å². The van der Waals surface area contributed by atoms with Gasteiger partial charge in [0.15, 0.2) is 0 Å². The third-order valence-corrected chi connectivity index (χ3v) is 3.86. The Bertz CT molecular complexity index is 596. The maximum atomic E-state index is 5.87. The second kappa shape index (κ2) is 7.25. The van der Waals surface area contributed by atoms with Gasteiger partial charge in [0.1, 0.15) is 0 Å². The number of halogens is 1. The van der Waals surface area contributed by atoms with Gasteiger partial charge in [0.2, 0.25) is 0 Å². The first-order chi connectivity index (χ1) is 9.29. The molecule has 0 bridgehead atoms. The van der Waals surface area contributed by atoms with Crippen molar-refractivity contribution >= 4 is 23.4 Å². The summed E-state index contributed by atoms with van der Waals surface area (Å²) in [5.41, 5.74) is 7.69. The third-order valence-electron chi connectivity index (χ3n) is 2.55. The number of thioether (sulfide) groups is 1. The molecule has 0 spiro atoms. The van der Waals surface area contributed by atoms with E-state index < -0.39 is 0 Å². The molecule has 0 saturated heterocycles. The zero-order valence-corrected chi connectivity index (χ0v) is 12.0. The minimum absolute atomic E-state index is 0.388. The van der Waals surface area contributed by atoms with E-state index in [0.29, 0.717) is 6.54 Å². The quantitative estimate of drug-likeness (QED) is 0.683. The molecular weight excluding hydrogens is 274 g/mol. The van der Waals surface area contributed by atoms with E-state index in [0.717, 1.165) is 16.3 Å². The number of benzene rings is 2. The first-order valence-corrected chi connectivity index (χ1v) is 7.31. The molecule has 96 valence electrons. The van der Waals surface area contributed by atoms with Crippen molar-refractivity contribution in [1.82, 2.24) is 0 Å². The lowest BCUT2D eigenvalue weighted by Gasteiger charge is -2.05. The van der Waals surface area contributed by atoms with Crippen LogP contribution in [-0.4, -0.2) is 6.54 Å². The molecule has 0 radical (unpaired) electrons. The molecule has 0 heterocycles. The lowest BCUT2D eigenvalue weighted by Crippen LogP contribution is -1.94. The van der Waals surface area contributed by atoms with E-state index in [9.17, 15) is 0 Å². The van der Waals surface area contributed by atoms with Crippen LogP contribution in [0.1, 0.15) is 11.1 Å². The summed E-state index contributed by atoms with van der Waals surface area (Å²) in [6, 6.07) is 16.0. The first kappa shape index (κ1) is 14.0. The zero-order chi connectivity index (χ0) is 13.5. The van der Waals surface area contributed by atoms with Crippen LogP contribution in [0.3, 0.4) is 0 Å². The van der Waals surface area contributed by atoms with Crippen LogP contribution in [0.2, 0.25) is 5.02 Å². The normalized spacial score (nSPS) is 9.79. The van der Waals surface area contributed by atoms with Crippen molar-refractivity contribution in [3.05, 3.63) is 64.7 Å². The molecule has 2 rings (SSSR count). The highest BCUT2D eigenvalue weighted by atomic mass is 35.5. The molecule has 0 aliphatic heterocycles. The average molecular weight is 288 g/mol. The van der Waals surface area contributed by atoms with E-state index in [1.165, 1.54) is 10.5 Å². The van der Waals surface area contributed by atoms with Crippen molar-refractivity contribution in [2.24, 2.45) is 5.73 Å². The van der Waals surface area contributed by atoms with E-state index in [1.54, 1.807) is 11.8 Å². The molecule has 19 heavy (non-hydrogen) atoms. The largest absolute Gasteiger partial charge is 0.320 e. The molecule has 1 nitrogen and oxygen atoms in total. The molecule has 2 N–H and O–H groups in total. The Morgan fingerprint density at radius 1 is 1.05 bits per heavy atom. The second-order valence-electron chi connectivity index (χ2n) is 3.91. The molecule has 0 aliphatic carbocycles. The van der Waals surface area contributed by atoms with Gasteiger partial charge in [-0.2, -0.15) is 0 Å². The minimum Gasteiger partial charge on any atom is -0.320 e. The molecule has 3 heteroatoms. The Balaban J connectivity index is 2.09. The summed E-state index contributed by atoms with van der Waals surface area (Å²) in [6.45, 7) is 0.388. The summed E-state index contributed by atoms with van der Waals surface area (Å²) in [5.74, 6) is 6.90. The highest BCUT2D eigenvalue weighted by Crippen LogP contribution is 2.25. The molecule has 0 fully saturated rings. The van der Waals surface area contributed by atoms with Gasteiger partial charge in [-0.1, -0.05) is 41.6 Å². The molecule has 0 aliphatic rings. The fraction of sp³-hybridized carbons (Fsp3) is 0.125. The van der Waals surface area contributed by atoms with Crippen molar-refractivity contribution in [2.75, 3.05) is 6.54 Å². The van der Waals surface area contributed by atoms with Crippen LogP contribution in [-0.2, 0) is 5.75 Å². The maximum absolute atomic E-state index is 5.87. The summed E-state index contributed by atoms with van der Waals surface area (Å²) in [6.07, 6.45) is 0. The highest BCUT2D eigenvalue weighted by Gasteiger charge is 2.01. The molecule has 2 aromatic rings. The van der Waals surface area contributed by atoms with Gasteiger partial charge in [-0.3, -0.25) is 0 Å². The van der Waals surface area contributed by atoms with Crippen LogP contribution < -0.4 is 5.73 Å². The molecule has 0 aromatic heterocycles. The fourth-order valence-corrected chi connectivity index (χ4v) is 2.63. The monoisotopic (exact) mass is 287 g/mol. The van der Waals surface area contributed by atoms with E-state index >= 15 is 0 Å². The fourth-order valence-electron chi connectivity index (χ4n) is 1.61. The smallest absolute Gasteiger partial charge is 0.0555 e. The van der Waals surface area contributed by atoms with E-state index in [1.807, 2.05) is 42.5 Å². The Hall–Kier alpha value is -1.40.